The lowest BCUT2D eigenvalue weighted by Gasteiger charge is -2.09. The highest BCUT2D eigenvalue weighted by Gasteiger charge is 2.04. The zero-order valence-electron chi connectivity index (χ0n) is 9.07. The number of benzene rings is 1. The van der Waals surface area contributed by atoms with Crippen LogP contribution < -0.4 is 10.1 Å². The van der Waals surface area contributed by atoms with E-state index in [0.29, 0.717) is 5.02 Å². The molecule has 16 heavy (non-hydrogen) atoms. The van der Waals surface area contributed by atoms with Crippen LogP contribution in [0.15, 0.2) is 30.6 Å². The number of nitrogens with one attached hydrogen (secondary N) is 1. The molecular weight excluding hydrogens is 226 g/mol. The Morgan fingerprint density at radius 1 is 1.44 bits per heavy atom. The topological polar surface area (TPSA) is 39.1 Å². The number of hydrogen-bond donors (Lipinski definition) is 1. The largest absolute Gasteiger partial charge is 0.495 e. The molecule has 1 aromatic heterocycles. The first kappa shape index (κ1) is 10.8. The molecule has 0 bridgehead atoms. The van der Waals surface area contributed by atoms with Crippen LogP contribution in [0.4, 0.5) is 11.4 Å². The summed E-state index contributed by atoms with van der Waals surface area (Å²) in [5.74, 6) is 0.744. The Bertz CT molecular complexity index is 496. The van der Waals surface area contributed by atoms with Crippen molar-refractivity contribution in [2.45, 2.75) is 0 Å². The third-order valence-electron chi connectivity index (χ3n) is 2.15. The Labute approximate surface area is 98.8 Å². The highest BCUT2D eigenvalue weighted by Crippen LogP contribution is 2.30. The lowest BCUT2D eigenvalue weighted by molar-refractivity contribution is 0.417. The van der Waals surface area contributed by atoms with Gasteiger partial charge in [-0.2, -0.15) is 5.10 Å². The summed E-state index contributed by atoms with van der Waals surface area (Å²) in [5, 5.41) is 7.92. The molecule has 0 aliphatic rings. The van der Waals surface area contributed by atoms with E-state index in [2.05, 4.69) is 10.4 Å². The Morgan fingerprint density at radius 3 is 2.88 bits per heavy atom. The second-order valence-electron chi connectivity index (χ2n) is 3.37. The molecule has 0 atom stereocenters. The smallest absolute Gasteiger partial charge is 0.142 e. The first-order chi connectivity index (χ1) is 7.69. The molecule has 2 rings (SSSR count). The summed E-state index contributed by atoms with van der Waals surface area (Å²) in [7, 11) is 3.48. The van der Waals surface area contributed by atoms with E-state index in [9.17, 15) is 0 Å². The van der Waals surface area contributed by atoms with E-state index < -0.39 is 0 Å². The molecule has 0 aliphatic carbocycles. The number of rotatable bonds is 3. The van der Waals surface area contributed by atoms with E-state index in [1.165, 1.54) is 0 Å². The van der Waals surface area contributed by atoms with Gasteiger partial charge in [0.15, 0.2) is 0 Å². The van der Waals surface area contributed by atoms with Gasteiger partial charge in [0.05, 0.1) is 24.7 Å². The van der Waals surface area contributed by atoms with Crippen molar-refractivity contribution in [3.8, 4) is 5.75 Å². The third kappa shape index (κ3) is 2.28. The van der Waals surface area contributed by atoms with Gasteiger partial charge >= 0.3 is 0 Å². The Morgan fingerprint density at radius 2 is 2.25 bits per heavy atom. The lowest BCUT2D eigenvalue weighted by Crippen LogP contribution is -1.93. The normalized spacial score (nSPS) is 10.2. The number of anilines is 2. The highest BCUT2D eigenvalue weighted by atomic mass is 35.5. The Balaban J connectivity index is 2.29. The minimum atomic E-state index is 0.659. The Hall–Kier alpha value is -1.68. The first-order valence-corrected chi connectivity index (χ1v) is 5.16. The monoisotopic (exact) mass is 237 g/mol. The molecule has 0 saturated carbocycles. The lowest BCUT2D eigenvalue weighted by atomic mass is 10.3. The standard InChI is InChI=1S/C11H12ClN3O/c1-15-7-9(6-13-15)14-10-5-8(12)3-4-11(10)16-2/h3-7,14H,1-2H3. The molecule has 0 amide bonds. The van der Waals surface area contributed by atoms with Crippen LogP contribution in [0.3, 0.4) is 0 Å². The molecule has 0 radical (unpaired) electrons. The van der Waals surface area contributed by atoms with Crippen LogP contribution in [0.5, 0.6) is 5.75 Å². The van der Waals surface area contributed by atoms with Crippen molar-refractivity contribution in [2.75, 3.05) is 12.4 Å². The van der Waals surface area contributed by atoms with E-state index in [1.54, 1.807) is 24.1 Å². The van der Waals surface area contributed by atoms with Gasteiger partial charge in [-0.3, -0.25) is 4.68 Å². The molecule has 0 spiro atoms. The predicted octanol–water partition coefficient (Wildman–Crippen LogP) is 2.83. The fraction of sp³-hybridized carbons (Fsp3) is 0.182. The molecule has 0 saturated heterocycles. The zero-order chi connectivity index (χ0) is 11.5. The summed E-state index contributed by atoms with van der Waals surface area (Å²) in [6, 6.07) is 5.42. The molecular formula is C11H12ClN3O. The molecule has 2 aromatic rings. The molecule has 4 nitrogen and oxygen atoms in total. The fourth-order valence-electron chi connectivity index (χ4n) is 1.42. The highest BCUT2D eigenvalue weighted by molar-refractivity contribution is 6.31. The quantitative estimate of drug-likeness (QED) is 0.892. The maximum absolute atomic E-state index is 5.93. The van der Waals surface area contributed by atoms with Gasteiger partial charge in [-0.15, -0.1) is 0 Å². The second kappa shape index (κ2) is 4.45. The van der Waals surface area contributed by atoms with Crippen LogP contribution >= 0.6 is 11.6 Å². The molecule has 0 fully saturated rings. The second-order valence-corrected chi connectivity index (χ2v) is 3.81. The van der Waals surface area contributed by atoms with E-state index in [0.717, 1.165) is 17.1 Å². The van der Waals surface area contributed by atoms with Gasteiger partial charge in [0, 0.05) is 18.3 Å². The van der Waals surface area contributed by atoms with Crippen LogP contribution in [0.1, 0.15) is 0 Å². The van der Waals surface area contributed by atoms with Crippen molar-refractivity contribution < 1.29 is 4.74 Å². The van der Waals surface area contributed by atoms with Gasteiger partial charge in [-0.05, 0) is 18.2 Å². The van der Waals surface area contributed by atoms with Crippen LogP contribution in [0, 0.1) is 0 Å². The summed E-state index contributed by atoms with van der Waals surface area (Å²) < 4.78 is 6.95. The van der Waals surface area contributed by atoms with Gasteiger partial charge in [-0.1, -0.05) is 11.6 Å². The van der Waals surface area contributed by atoms with E-state index in [4.69, 9.17) is 16.3 Å². The van der Waals surface area contributed by atoms with Crippen molar-refractivity contribution in [2.24, 2.45) is 7.05 Å². The maximum Gasteiger partial charge on any atom is 0.142 e. The van der Waals surface area contributed by atoms with Gasteiger partial charge in [-0.25, -0.2) is 0 Å². The summed E-state index contributed by atoms with van der Waals surface area (Å²) >= 11 is 5.93. The van der Waals surface area contributed by atoms with Crippen LogP contribution in [0.2, 0.25) is 5.02 Å². The molecule has 1 N–H and O–H groups in total. The summed E-state index contributed by atoms with van der Waals surface area (Å²) in [4.78, 5) is 0. The fourth-order valence-corrected chi connectivity index (χ4v) is 1.59. The average molecular weight is 238 g/mol. The average Bonchev–Trinajstić information content (AvgIpc) is 2.64. The summed E-state index contributed by atoms with van der Waals surface area (Å²) in [6.07, 6.45) is 3.61. The summed E-state index contributed by atoms with van der Waals surface area (Å²) in [6.45, 7) is 0. The van der Waals surface area contributed by atoms with Crippen LogP contribution in [0.25, 0.3) is 0 Å². The number of halogens is 1. The van der Waals surface area contributed by atoms with Crippen molar-refractivity contribution in [3.63, 3.8) is 0 Å². The van der Waals surface area contributed by atoms with Crippen molar-refractivity contribution in [1.29, 1.82) is 0 Å². The molecule has 5 heteroatoms. The van der Waals surface area contributed by atoms with E-state index >= 15 is 0 Å². The minimum Gasteiger partial charge on any atom is -0.495 e. The predicted molar refractivity (Wildman–Crippen MR) is 64.5 cm³/mol. The minimum absolute atomic E-state index is 0.659. The number of aryl methyl sites for hydroxylation is 1. The molecule has 0 unspecified atom stereocenters. The maximum atomic E-state index is 5.93. The van der Waals surface area contributed by atoms with Gasteiger partial charge in [0.2, 0.25) is 0 Å². The van der Waals surface area contributed by atoms with Gasteiger partial charge < -0.3 is 10.1 Å². The summed E-state index contributed by atoms with van der Waals surface area (Å²) in [5.41, 5.74) is 1.71. The SMILES string of the molecule is COc1ccc(Cl)cc1Nc1cnn(C)c1. The van der Waals surface area contributed by atoms with Crippen molar-refractivity contribution in [1.82, 2.24) is 9.78 Å². The van der Waals surface area contributed by atoms with Crippen LogP contribution in [-0.2, 0) is 7.05 Å². The molecule has 1 heterocycles. The van der Waals surface area contributed by atoms with E-state index in [1.807, 2.05) is 25.4 Å². The van der Waals surface area contributed by atoms with Crippen molar-refractivity contribution >= 4 is 23.0 Å². The number of ether oxygens (including phenoxy) is 1. The van der Waals surface area contributed by atoms with Gasteiger partial charge in [0.1, 0.15) is 5.75 Å². The number of methoxy groups -OCH3 is 1. The van der Waals surface area contributed by atoms with Crippen molar-refractivity contribution in [3.05, 3.63) is 35.6 Å². The van der Waals surface area contributed by atoms with E-state index in [-0.39, 0.29) is 0 Å². The van der Waals surface area contributed by atoms with Crippen LogP contribution in [-0.4, -0.2) is 16.9 Å². The number of aromatic nitrogens is 2. The van der Waals surface area contributed by atoms with Gasteiger partial charge in [0.25, 0.3) is 0 Å². The first-order valence-electron chi connectivity index (χ1n) is 4.78. The Kier molecular flexibility index (Phi) is 3.01. The third-order valence-corrected chi connectivity index (χ3v) is 2.38. The number of hydrogen-bond acceptors (Lipinski definition) is 3. The number of nitrogens with zero attached hydrogens (tertiary/aromatic N) is 2. The molecule has 0 aliphatic heterocycles. The molecule has 1 aromatic carbocycles. The molecule has 84 valence electrons. The zero-order valence-corrected chi connectivity index (χ0v) is 9.82.